The van der Waals surface area contributed by atoms with Crippen molar-refractivity contribution in [3.05, 3.63) is 71.8 Å². The van der Waals surface area contributed by atoms with E-state index in [4.69, 9.17) is 25.8 Å². The predicted molar refractivity (Wildman–Crippen MR) is 108 cm³/mol. The molecule has 8 heteroatoms. The standard InChI is InChI=1S/C20H18ClNO5S/c1-25-15-4-6-17(7-5-15)27-20-12-3-14(21)13-19(20)22-28(23,24)18-10-8-16(26-2)9-11-18/h3-13,22H,1-2H3. The van der Waals surface area contributed by atoms with Crippen molar-refractivity contribution in [3.8, 4) is 23.0 Å². The van der Waals surface area contributed by atoms with Gasteiger partial charge in [-0.2, -0.15) is 0 Å². The van der Waals surface area contributed by atoms with Gasteiger partial charge in [0, 0.05) is 5.02 Å². The number of nitrogens with one attached hydrogen (secondary N) is 1. The van der Waals surface area contributed by atoms with Crippen LogP contribution in [0, 0.1) is 0 Å². The van der Waals surface area contributed by atoms with Gasteiger partial charge in [-0.1, -0.05) is 11.6 Å². The Bertz CT molecular complexity index is 1050. The minimum Gasteiger partial charge on any atom is -0.497 e. The van der Waals surface area contributed by atoms with Crippen LogP contribution in [0.15, 0.2) is 71.6 Å². The van der Waals surface area contributed by atoms with Crippen LogP contribution in [-0.2, 0) is 10.0 Å². The van der Waals surface area contributed by atoms with Crippen molar-refractivity contribution < 1.29 is 22.6 Å². The summed E-state index contributed by atoms with van der Waals surface area (Å²) in [6, 6.07) is 17.7. The lowest BCUT2D eigenvalue weighted by Gasteiger charge is -2.14. The lowest BCUT2D eigenvalue weighted by atomic mass is 10.3. The lowest BCUT2D eigenvalue weighted by molar-refractivity contribution is 0.413. The third-order valence-electron chi connectivity index (χ3n) is 3.84. The lowest BCUT2D eigenvalue weighted by Crippen LogP contribution is -2.13. The first kappa shape index (κ1) is 19.9. The maximum atomic E-state index is 12.7. The van der Waals surface area contributed by atoms with Gasteiger partial charge in [-0.25, -0.2) is 8.42 Å². The van der Waals surface area contributed by atoms with Crippen molar-refractivity contribution in [2.45, 2.75) is 4.90 Å². The largest absolute Gasteiger partial charge is 0.497 e. The van der Waals surface area contributed by atoms with Gasteiger partial charge in [-0.05, 0) is 66.7 Å². The smallest absolute Gasteiger partial charge is 0.262 e. The highest BCUT2D eigenvalue weighted by Gasteiger charge is 2.17. The van der Waals surface area contributed by atoms with Crippen LogP contribution < -0.4 is 18.9 Å². The summed E-state index contributed by atoms with van der Waals surface area (Å²) in [5.41, 5.74) is 0.221. The average molecular weight is 420 g/mol. The molecule has 0 radical (unpaired) electrons. The van der Waals surface area contributed by atoms with E-state index in [9.17, 15) is 8.42 Å². The summed E-state index contributed by atoms with van der Waals surface area (Å²) in [5.74, 6) is 2.08. The van der Waals surface area contributed by atoms with Crippen LogP contribution in [0.4, 0.5) is 5.69 Å². The van der Waals surface area contributed by atoms with Crippen LogP contribution in [0.1, 0.15) is 0 Å². The first-order valence-electron chi connectivity index (χ1n) is 8.19. The maximum Gasteiger partial charge on any atom is 0.262 e. The topological polar surface area (TPSA) is 73.9 Å². The normalized spacial score (nSPS) is 11.0. The summed E-state index contributed by atoms with van der Waals surface area (Å²) in [5, 5.41) is 0.370. The van der Waals surface area contributed by atoms with Gasteiger partial charge >= 0.3 is 0 Å². The molecule has 1 N–H and O–H groups in total. The fraction of sp³-hybridized carbons (Fsp3) is 0.100. The molecule has 146 valence electrons. The molecule has 6 nitrogen and oxygen atoms in total. The number of sulfonamides is 1. The Hall–Kier alpha value is -2.90. The zero-order valence-electron chi connectivity index (χ0n) is 15.2. The number of ether oxygens (including phenoxy) is 3. The molecule has 0 fully saturated rings. The summed E-state index contributed by atoms with van der Waals surface area (Å²) < 4.78 is 44.0. The Morgan fingerprint density at radius 3 is 1.89 bits per heavy atom. The number of benzene rings is 3. The number of hydrogen-bond donors (Lipinski definition) is 1. The quantitative estimate of drug-likeness (QED) is 0.586. The van der Waals surface area contributed by atoms with Crippen molar-refractivity contribution in [2.24, 2.45) is 0 Å². The molecule has 0 aliphatic rings. The van der Waals surface area contributed by atoms with E-state index in [1.165, 1.54) is 25.3 Å². The zero-order chi connectivity index (χ0) is 20.1. The molecule has 0 aliphatic carbocycles. The maximum absolute atomic E-state index is 12.7. The predicted octanol–water partition coefficient (Wildman–Crippen LogP) is 4.95. The van der Waals surface area contributed by atoms with E-state index in [0.717, 1.165) is 0 Å². The van der Waals surface area contributed by atoms with Crippen molar-refractivity contribution in [3.63, 3.8) is 0 Å². The molecular weight excluding hydrogens is 402 g/mol. The molecule has 0 atom stereocenters. The monoisotopic (exact) mass is 419 g/mol. The summed E-state index contributed by atoms with van der Waals surface area (Å²) in [4.78, 5) is 0.0867. The molecule has 0 saturated carbocycles. The summed E-state index contributed by atoms with van der Waals surface area (Å²) >= 11 is 6.05. The first-order valence-corrected chi connectivity index (χ1v) is 10.1. The second kappa shape index (κ2) is 8.41. The molecule has 0 saturated heterocycles. The summed E-state index contributed by atoms with van der Waals surface area (Å²) in [7, 11) is -0.764. The van der Waals surface area contributed by atoms with Crippen LogP contribution in [0.25, 0.3) is 0 Å². The molecule has 0 aliphatic heterocycles. The highest BCUT2D eigenvalue weighted by molar-refractivity contribution is 7.92. The van der Waals surface area contributed by atoms with Gasteiger partial charge in [0.15, 0.2) is 5.75 Å². The van der Waals surface area contributed by atoms with Crippen LogP contribution in [0.2, 0.25) is 5.02 Å². The van der Waals surface area contributed by atoms with E-state index in [0.29, 0.717) is 28.0 Å². The zero-order valence-corrected chi connectivity index (χ0v) is 16.8. The molecule has 0 unspecified atom stereocenters. The Labute approximate surface area is 168 Å². The minimum absolute atomic E-state index is 0.0867. The van der Waals surface area contributed by atoms with Crippen LogP contribution in [0.3, 0.4) is 0 Å². The number of hydrogen-bond acceptors (Lipinski definition) is 5. The van der Waals surface area contributed by atoms with Crippen molar-refractivity contribution in [1.82, 2.24) is 0 Å². The average Bonchev–Trinajstić information content (AvgIpc) is 2.70. The molecule has 3 rings (SSSR count). The van der Waals surface area contributed by atoms with E-state index < -0.39 is 10.0 Å². The number of halogens is 1. The molecule has 3 aromatic carbocycles. The minimum atomic E-state index is -3.84. The van der Waals surface area contributed by atoms with Crippen LogP contribution in [-0.4, -0.2) is 22.6 Å². The van der Waals surface area contributed by atoms with Crippen LogP contribution in [0.5, 0.6) is 23.0 Å². The summed E-state index contributed by atoms with van der Waals surface area (Å²) in [6.07, 6.45) is 0. The summed E-state index contributed by atoms with van der Waals surface area (Å²) in [6.45, 7) is 0. The Morgan fingerprint density at radius 1 is 0.786 bits per heavy atom. The van der Waals surface area contributed by atoms with Gasteiger partial charge in [-0.15, -0.1) is 0 Å². The number of rotatable bonds is 7. The van der Waals surface area contributed by atoms with Crippen molar-refractivity contribution in [1.29, 1.82) is 0 Å². The molecule has 0 spiro atoms. The van der Waals surface area contributed by atoms with E-state index in [2.05, 4.69) is 4.72 Å². The molecule has 0 bridgehead atoms. The molecule has 3 aromatic rings. The molecule has 28 heavy (non-hydrogen) atoms. The van der Waals surface area contributed by atoms with Crippen molar-refractivity contribution in [2.75, 3.05) is 18.9 Å². The molecule has 0 aromatic heterocycles. The van der Waals surface area contributed by atoms with E-state index >= 15 is 0 Å². The van der Waals surface area contributed by atoms with Gasteiger partial charge in [0.1, 0.15) is 17.2 Å². The highest BCUT2D eigenvalue weighted by Crippen LogP contribution is 2.34. The second-order valence-electron chi connectivity index (χ2n) is 5.70. The van der Waals surface area contributed by atoms with Crippen molar-refractivity contribution >= 4 is 27.3 Å². The molecule has 0 heterocycles. The van der Waals surface area contributed by atoms with Gasteiger partial charge in [0.2, 0.25) is 0 Å². The Morgan fingerprint density at radius 2 is 1.32 bits per heavy atom. The van der Waals surface area contributed by atoms with Crippen LogP contribution >= 0.6 is 11.6 Å². The third kappa shape index (κ3) is 4.68. The fourth-order valence-electron chi connectivity index (χ4n) is 2.40. The Balaban J connectivity index is 1.88. The molecule has 0 amide bonds. The van der Waals surface area contributed by atoms with E-state index in [1.807, 2.05) is 0 Å². The van der Waals surface area contributed by atoms with E-state index in [1.54, 1.807) is 55.6 Å². The Kier molecular flexibility index (Phi) is 5.96. The SMILES string of the molecule is COc1ccc(Oc2ccc(Cl)cc2NS(=O)(=O)c2ccc(OC)cc2)cc1. The van der Waals surface area contributed by atoms with Gasteiger partial charge in [0.05, 0.1) is 24.8 Å². The van der Waals surface area contributed by atoms with Gasteiger partial charge < -0.3 is 14.2 Å². The van der Waals surface area contributed by atoms with E-state index in [-0.39, 0.29) is 10.6 Å². The third-order valence-corrected chi connectivity index (χ3v) is 5.46. The van der Waals surface area contributed by atoms with Gasteiger partial charge in [-0.3, -0.25) is 4.72 Å². The number of anilines is 1. The highest BCUT2D eigenvalue weighted by atomic mass is 35.5. The molecular formula is C20H18ClNO5S. The second-order valence-corrected chi connectivity index (χ2v) is 7.82. The van der Waals surface area contributed by atoms with Gasteiger partial charge in [0.25, 0.3) is 10.0 Å². The first-order chi connectivity index (χ1) is 13.4. The number of methoxy groups -OCH3 is 2. The fourth-order valence-corrected chi connectivity index (χ4v) is 3.63.